The molecule has 1 saturated heterocycles. The van der Waals surface area contributed by atoms with Crippen LogP contribution in [0.1, 0.15) is 51.9 Å². The summed E-state index contributed by atoms with van der Waals surface area (Å²) >= 11 is 0. The van der Waals surface area contributed by atoms with Gasteiger partial charge >= 0.3 is 0 Å². The van der Waals surface area contributed by atoms with E-state index in [1.165, 1.54) is 19.3 Å². The van der Waals surface area contributed by atoms with Crippen LogP contribution in [0, 0.1) is 11.3 Å². The Kier molecular flexibility index (Phi) is 5.22. The normalized spacial score (nSPS) is 30.8. The van der Waals surface area contributed by atoms with E-state index in [0.29, 0.717) is 12.5 Å². The molecule has 110 valence electrons. The van der Waals surface area contributed by atoms with Gasteiger partial charge in [0.15, 0.2) is 0 Å². The summed E-state index contributed by atoms with van der Waals surface area (Å²) in [6.07, 6.45) is 7.97. The van der Waals surface area contributed by atoms with Gasteiger partial charge in [0.25, 0.3) is 0 Å². The monoisotopic (exact) mass is 268 g/mol. The highest BCUT2D eigenvalue weighted by Gasteiger charge is 2.33. The maximum atomic E-state index is 12.3. The van der Waals surface area contributed by atoms with E-state index in [-0.39, 0.29) is 24.0 Å². The third-order valence-corrected chi connectivity index (χ3v) is 4.94. The highest BCUT2D eigenvalue weighted by atomic mass is 16.3. The zero-order valence-electron chi connectivity index (χ0n) is 12.1. The summed E-state index contributed by atoms with van der Waals surface area (Å²) < 4.78 is 0. The van der Waals surface area contributed by atoms with Crippen molar-refractivity contribution in [2.24, 2.45) is 11.3 Å². The molecule has 2 fully saturated rings. The molecule has 0 spiro atoms. The zero-order valence-corrected chi connectivity index (χ0v) is 12.1. The van der Waals surface area contributed by atoms with Crippen LogP contribution in [0.2, 0.25) is 0 Å². The fraction of sp³-hybridized carbons (Fsp3) is 0.933. The summed E-state index contributed by atoms with van der Waals surface area (Å²) in [5, 5.41) is 16.0. The van der Waals surface area contributed by atoms with Crippen LogP contribution in [0.5, 0.6) is 0 Å². The first-order valence-corrected chi connectivity index (χ1v) is 7.79. The van der Waals surface area contributed by atoms with E-state index in [4.69, 9.17) is 0 Å². The van der Waals surface area contributed by atoms with E-state index in [1.807, 2.05) is 0 Å². The Hall–Kier alpha value is -0.610. The fourth-order valence-electron chi connectivity index (χ4n) is 3.48. The maximum Gasteiger partial charge on any atom is 0.237 e. The summed E-state index contributed by atoms with van der Waals surface area (Å²) in [5.41, 5.74) is -0.0637. The van der Waals surface area contributed by atoms with Crippen LogP contribution in [-0.4, -0.2) is 36.8 Å². The molecule has 4 heteroatoms. The first-order valence-electron chi connectivity index (χ1n) is 7.79. The fourth-order valence-corrected chi connectivity index (χ4v) is 3.48. The van der Waals surface area contributed by atoms with Gasteiger partial charge in [-0.1, -0.05) is 26.2 Å². The Balaban J connectivity index is 1.84. The van der Waals surface area contributed by atoms with E-state index in [2.05, 4.69) is 17.6 Å². The molecule has 1 amide bonds. The number of nitrogens with one attached hydrogen (secondary N) is 2. The molecule has 2 aliphatic rings. The molecule has 1 saturated carbocycles. The molecular weight excluding hydrogens is 240 g/mol. The van der Waals surface area contributed by atoms with Crippen molar-refractivity contribution in [2.45, 2.75) is 57.9 Å². The molecule has 2 atom stereocenters. The van der Waals surface area contributed by atoms with Gasteiger partial charge in [0.1, 0.15) is 0 Å². The predicted molar refractivity (Wildman–Crippen MR) is 75.8 cm³/mol. The molecule has 0 aromatic rings. The second kappa shape index (κ2) is 6.71. The highest BCUT2D eigenvalue weighted by molar-refractivity contribution is 5.82. The van der Waals surface area contributed by atoms with Gasteiger partial charge in [-0.15, -0.1) is 0 Å². The molecule has 4 nitrogen and oxygen atoms in total. The third kappa shape index (κ3) is 3.69. The van der Waals surface area contributed by atoms with Gasteiger partial charge in [-0.2, -0.15) is 0 Å². The molecule has 0 bridgehead atoms. The number of aliphatic hydroxyl groups is 1. The van der Waals surface area contributed by atoms with Crippen molar-refractivity contribution < 1.29 is 9.90 Å². The van der Waals surface area contributed by atoms with Crippen molar-refractivity contribution in [2.75, 3.05) is 19.7 Å². The van der Waals surface area contributed by atoms with E-state index >= 15 is 0 Å². The minimum absolute atomic E-state index is 0.0481. The second-order valence-corrected chi connectivity index (χ2v) is 6.49. The Labute approximate surface area is 116 Å². The molecule has 2 unspecified atom stereocenters. The molecule has 1 heterocycles. The number of hydrogen-bond acceptors (Lipinski definition) is 3. The average Bonchev–Trinajstić information content (AvgIpc) is 2.46. The molecule has 1 aliphatic carbocycles. The number of carbonyl (C=O) groups excluding carboxylic acids is 1. The van der Waals surface area contributed by atoms with E-state index < -0.39 is 0 Å². The van der Waals surface area contributed by atoms with Crippen molar-refractivity contribution in [3.8, 4) is 0 Å². The Morgan fingerprint density at radius 2 is 2.05 bits per heavy atom. The number of piperidine rings is 1. The van der Waals surface area contributed by atoms with Crippen molar-refractivity contribution >= 4 is 5.91 Å². The van der Waals surface area contributed by atoms with Crippen LogP contribution in [-0.2, 0) is 4.79 Å². The largest absolute Gasteiger partial charge is 0.396 e. The van der Waals surface area contributed by atoms with Gasteiger partial charge in [-0.3, -0.25) is 4.79 Å². The highest BCUT2D eigenvalue weighted by Crippen LogP contribution is 2.35. The Morgan fingerprint density at radius 1 is 1.32 bits per heavy atom. The third-order valence-electron chi connectivity index (χ3n) is 4.94. The Morgan fingerprint density at radius 3 is 2.68 bits per heavy atom. The lowest BCUT2D eigenvalue weighted by Crippen LogP contribution is -2.53. The van der Waals surface area contributed by atoms with Gasteiger partial charge < -0.3 is 15.7 Å². The van der Waals surface area contributed by atoms with Crippen LogP contribution in [0.15, 0.2) is 0 Å². The van der Waals surface area contributed by atoms with E-state index in [0.717, 1.165) is 32.2 Å². The summed E-state index contributed by atoms with van der Waals surface area (Å²) in [7, 11) is 0. The number of carbonyl (C=O) groups is 1. The molecule has 0 radical (unpaired) electrons. The maximum absolute atomic E-state index is 12.3. The molecule has 1 aliphatic heterocycles. The van der Waals surface area contributed by atoms with Crippen LogP contribution in [0.4, 0.5) is 0 Å². The minimum atomic E-state index is -0.0637. The number of amides is 1. The van der Waals surface area contributed by atoms with Gasteiger partial charge in [0, 0.05) is 12.0 Å². The quantitative estimate of drug-likeness (QED) is 0.723. The van der Waals surface area contributed by atoms with E-state index in [1.54, 1.807) is 0 Å². The zero-order chi connectivity index (χ0) is 13.7. The molecular formula is C15H28N2O2. The van der Waals surface area contributed by atoms with Crippen LogP contribution >= 0.6 is 0 Å². The number of rotatable bonds is 4. The van der Waals surface area contributed by atoms with E-state index in [9.17, 15) is 9.90 Å². The van der Waals surface area contributed by atoms with Crippen LogP contribution < -0.4 is 10.6 Å². The molecule has 3 N–H and O–H groups in total. The summed E-state index contributed by atoms with van der Waals surface area (Å²) in [6, 6.07) is -0.0481. The molecule has 0 aromatic heterocycles. The van der Waals surface area contributed by atoms with Gasteiger partial charge in [-0.25, -0.2) is 0 Å². The van der Waals surface area contributed by atoms with Gasteiger partial charge in [0.2, 0.25) is 5.91 Å². The van der Waals surface area contributed by atoms with Crippen molar-refractivity contribution in [3.63, 3.8) is 0 Å². The summed E-state index contributed by atoms with van der Waals surface area (Å²) in [4.78, 5) is 12.3. The molecule has 2 rings (SSSR count). The lowest BCUT2D eigenvalue weighted by molar-refractivity contribution is -0.125. The van der Waals surface area contributed by atoms with Gasteiger partial charge in [0.05, 0.1) is 12.6 Å². The minimum Gasteiger partial charge on any atom is -0.396 e. The standard InChI is InChI=1S/C15H28N2O2/c1-12-6-5-9-16-13(12)14(19)17-10-15(11-18)7-3-2-4-8-15/h12-13,16,18H,2-11H2,1H3,(H,17,19). The van der Waals surface area contributed by atoms with Crippen molar-refractivity contribution in [1.82, 2.24) is 10.6 Å². The second-order valence-electron chi connectivity index (χ2n) is 6.49. The number of aliphatic hydroxyl groups excluding tert-OH is 1. The average molecular weight is 268 g/mol. The summed E-state index contributed by atoms with van der Waals surface area (Å²) in [6.45, 7) is 3.90. The topological polar surface area (TPSA) is 61.4 Å². The first-order chi connectivity index (χ1) is 9.17. The molecule has 19 heavy (non-hydrogen) atoms. The Bertz CT molecular complexity index is 301. The van der Waals surface area contributed by atoms with Gasteiger partial charge in [-0.05, 0) is 38.1 Å². The van der Waals surface area contributed by atoms with Crippen LogP contribution in [0.3, 0.4) is 0 Å². The smallest absolute Gasteiger partial charge is 0.237 e. The first kappa shape index (κ1) is 14.8. The lowest BCUT2D eigenvalue weighted by Gasteiger charge is -2.37. The summed E-state index contributed by atoms with van der Waals surface area (Å²) in [5.74, 6) is 0.524. The lowest BCUT2D eigenvalue weighted by atomic mass is 9.74. The number of hydrogen-bond donors (Lipinski definition) is 3. The van der Waals surface area contributed by atoms with Crippen molar-refractivity contribution in [3.05, 3.63) is 0 Å². The molecule has 0 aromatic carbocycles. The SMILES string of the molecule is CC1CCCNC1C(=O)NCC1(CO)CCCCC1. The predicted octanol–water partition coefficient (Wildman–Crippen LogP) is 1.43. The van der Waals surface area contributed by atoms with Crippen molar-refractivity contribution in [1.29, 1.82) is 0 Å². The van der Waals surface area contributed by atoms with Crippen LogP contribution in [0.25, 0.3) is 0 Å².